The average molecular weight is 262 g/mol. The molecule has 1 atom stereocenters. The molecule has 0 saturated heterocycles. The third-order valence-corrected chi connectivity index (χ3v) is 3.21. The van der Waals surface area contributed by atoms with Crippen LogP contribution in [0.3, 0.4) is 0 Å². The molecule has 0 aliphatic rings. The first-order valence-electron chi connectivity index (χ1n) is 6.08. The Kier molecular flexibility index (Phi) is 4.21. The molecule has 2 nitrogen and oxygen atoms in total. The number of nitrogens with zero attached hydrogens (tertiary/aromatic N) is 1. The molecule has 3 heteroatoms. The molecule has 94 valence electrons. The van der Waals surface area contributed by atoms with Gasteiger partial charge in [-0.3, -0.25) is 0 Å². The maximum absolute atomic E-state index is 5.77. The Morgan fingerprint density at radius 1 is 1.17 bits per heavy atom. The van der Waals surface area contributed by atoms with Crippen LogP contribution in [0.5, 0.6) is 11.6 Å². The summed E-state index contributed by atoms with van der Waals surface area (Å²) in [5, 5.41) is 0.606. The molecule has 0 radical (unpaired) electrons. The summed E-state index contributed by atoms with van der Waals surface area (Å²) in [6, 6.07) is 11.6. The van der Waals surface area contributed by atoms with Crippen molar-refractivity contribution < 1.29 is 4.74 Å². The Morgan fingerprint density at radius 3 is 2.44 bits per heavy atom. The highest BCUT2D eigenvalue weighted by atomic mass is 35.5. The second kappa shape index (κ2) is 5.87. The lowest BCUT2D eigenvalue weighted by atomic mass is 9.99. The summed E-state index contributed by atoms with van der Waals surface area (Å²) in [6.07, 6.45) is 2.71. The van der Waals surface area contributed by atoms with Gasteiger partial charge in [0.15, 0.2) is 0 Å². The van der Waals surface area contributed by atoms with Gasteiger partial charge in [-0.1, -0.05) is 37.6 Å². The average Bonchev–Trinajstić information content (AvgIpc) is 2.41. The highest BCUT2D eigenvalue weighted by Crippen LogP contribution is 2.24. The number of halogens is 1. The second-order valence-electron chi connectivity index (χ2n) is 4.30. The first-order valence-corrected chi connectivity index (χ1v) is 6.46. The molecule has 0 saturated carbocycles. The van der Waals surface area contributed by atoms with E-state index in [0.29, 0.717) is 16.8 Å². The fourth-order valence-corrected chi connectivity index (χ4v) is 1.76. The quantitative estimate of drug-likeness (QED) is 0.769. The molecule has 1 unspecified atom stereocenters. The van der Waals surface area contributed by atoms with Crippen molar-refractivity contribution in [1.82, 2.24) is 4.98 Å². The molecule has 1 aromatic carbocycles. The molecule has 0 spiro atoms. The highest BCUT2D eigenvalue weighted by molar-refractivity contribution is 6.30. The van der Waals surface area contributed by atoms with Gasteiger partial charge in [-0.15, -0.1) is 0 Å². The Bertz CT molecular complexity index is 493. The predicted molar refractivity (Wildman–Crippen MR) is 74.5 cm³/mol. The molecule has 18 heavy (non-hydrogen) atoms. The maximum atomic E-state index is 5.77. The van der Waals surface area contributed by atoms with Crippen LogP contribution in [0.15, 0.2) is 42.6 Å². The standard InChI is InChI=1S/C15H16ClNO/c1-3-11(2)12-4-7-14(8-5-12)18-15-9-6-13(16)10-17-15/h4-11H,3H2,1-2H3. The number of ether oxygens (including phenoxy) is 1. The summed E-state index contributed by atoms with van der Waals surface area (Å²) < 4.78 is 5.63. The van der Waals surface area contributed by atoms with Crippen LogP contribution in [0, 0.1) is 0 Å². The lowest BCUT2D eigenvalue weighted by Crippen LogP contribution is -1.92. The van der Waals surface area contributed by atoms with E-state index in [1.807, 2.05) is 12.1 Å². The molecular formula is C15H16ClNO. The van der Waals surface area contributed by atoms with Crippen LogP contribution in [-0.4, -0.2) is 4.98 Å². The van der Waals surface area contributed by atoms with Crippen molar-refractivity contribution in [2.75, 3.05) is 0 Å². The number of pyridine rings is 1. The number of rotatable bonds is 4. The zero-order valence-electron chi connectivity index (χ0n) is 10.6. The lowest BCUT2D eigenvalue weighted by molar-refractivity contribution is 0.462. The van der Waals surface area contributed by atoms with E-state index >= 15 is 0 Å². The van der Waals surface area contributed by atoms with E-state index in [1.54, 1.807) is 18.3 Å². The number of hydrogen-bond acceptors (Lipinski definition) is 2. The fraction of sp³-hybridized carbons (Fsp3) is 0.267. The minimum Gasteiger partial charge on any atom is -0.439 e. The van der Waals surface area contributed by atoms with E-state index in [9.17, 15) is 0 Å². The Balaban J connectivity index is 2.08. The van der Waals surface area contributed by atoms with Gasteiger partial charge in [0.1, 0.15) is 5.75 Å². The predicted octanol–water partition coefficient (Wildman–Crippen LogP) is 5.04. The summed E-state index contributed by atoms with van der Waals surface area (Å²) in [7, 11) is 0. The SMILES string of the molecule is CCC(C)c1ccc(Oc2ccc(Cl)cn2)cc1. The molecule has 1 aromatic heterocycles. The van der Waals surface area contributed by atoms with Crippen LogP contribution >= 0.6 is 11.6 Å². The van der Waals surface area contributed by atoms with E-state index in [4.69, 9.17) is 16.3 Å². The number of aromatic nitrogens is 1. The minimum atomic E-state index is 0.552. The summed E-state index contributed by atoms with van der Waals surface area (Å²) >= 11 is 5.77. The van der Waals surface area contributed by atoms with Gasteiger partial charge in [-0.05, 0) is 36.1 Å². The molecule has 0 aliphatic heterocycles. The fourth-order valence-electron chi connectivity index (χ4n) is 1.64. The van der Waals surface area contributed by atoms with E-state index < -0.39 is 0 Å². The Labute approximate surface area is 113 Å². The first-order chi connectivity index (χ1) is 8.69. The molecule has 2 aromatic rings. The van der Waals surface area contributed by atoms with Gasteiger partial charge in [0.05, 0.1) is 5.02 Å². The van der Waals surface area contributed by atoms with Crippen LogP contribution in [0.25, 0.3) is 0 Å². The van der Waals surface area contributed by atoms with Gasteiger partial charge in [0.2, 0.25) is 5.88 Å². The maximum Gasteiger partial charge on any atom is 0.219 e. The molecule has 0 fully saturated rings. The molecule has 0 aliphatic carbocycles. The van der Waals surface area contributed by atoms with Crippen LogP contribution in [0.2, 0.25) is 5.02 Å². The van der Waals surface area contributed by atoms with Crippen LogP contribution in [0.1, 0.15) is 31.7 Å². The smallest absolute Gasteiger partial charge is 0.219 e. The Morgan fingerprint density at radius 2 is 1.89 bits per heavy atom. The molecule has 0 amide bonds. The van der Waals surface area contributed by atoms with Crippen molar-refractivity contribution in [3.05, 3.63) is 53.2 Å². The molecular weight excluding hydrogens is 246 g/mol. The van der Waals surface area contributed by atoms with E-state index in [-0.39, 0.29) is 0 Å². The second-order valence-corrected chi connectivity index (χ2v) is 4.73. The van der Waals surface area contributed by atoms with Crippen molar-refractivity contribution in [2.45, 2.75) is 26.2 Å². The van der Waals surface area contributed by atoms with Gasteiger partial charge < -0.3 is 4.74 Å². The first kappa shape index (κ1) is 12.9. The zero-order valence-corrected chi connectivity index (χ0v) is 11.3. The molecule has 0 N–H and O–H groups in total. The van der Waals surface area contributed by atoms with Gasteiger partial charge in [0, 0.05) is 12.3 Å². The van der Waals surface area contributed by atoms with Crippen LogP contribution in [0.4, 0.5) is 0 Å². The Hall–Kier alpha value is -1.54. The van der Waals surface area contributed by atoms with E-state index in [0.717, 1.165) is 12.2 Å². The largest absolute Gasteiger partial charge is 0.439 e. The normalized spacial score (nSPS) is 12.2. The summed E-state index contributed by atoms with van der Waals surface area (Å²) in [6.45, 7) is 4.41. The number of benzene rings is 1. The van der Waals surface area contributed by atoms with Crippen molar-refractivity contribution in [3.63, 3.8) is 0 Å². The summed E-state index contributed by atoms with van der Waals surface area (Å²) in [5.41, 5.74) is 1.33. The van der Waals surface area contributed by atoms with Crippen molar-refractivity contribution in [3.8, 4) is 11.6 Å². The van der Waals surface area contributed by atoms with Gasteiger partial charge in [0.25, 0.3) is 0 Å². The van der Waals surface area contributed by atoms with E-state index in [2.05, 4.69) is 31.0 Å². The third-order valence-electron chi connectivity index (χ3n) is 2.98. The molecule has 0 bridgehead atoms. The van der Waals surface area contributed by atoms with Crippen LogP contribution < -0.4 is 4.74 Å². The van der Waals surface area contributed by atoms with Crippen LogP contribution in [-0.2, 0) is 0 Å². The van der Waals surface area contributed by atoms with Crippen molar-refractivity contribution in [1.29, 1.82) is 0 Å². The van der Waals surface area contributed by atoms with Crippen molar-refractivity contribution >= 4 is 11.6 Å². The van der Waals surface area contributed by atoms with Gasteiger partial charge >= 0.3 is 0 Å². The lowest BCUT2D eigenvalue weighted by Gasteiger charge is -2.10. The third kappa shape index (κ3) is 3.23. The zero-order chi connectivity index (χ0) is 13.0. The topological polar surface area (TPSA) is 22.1 Å². The number of hydrogen-bond donors (Lipinski definition) is 0. The summed E-state index contributed by atoms with van der Waals surface area (Å²) in [5.74, 6) is 1.92. The molecule has 1 heterocycles. The summed E-state index contributed by atoms with van der Waals surface area (Å²) in [4.78, 5) is 4.09. The molecule has 2 rings (SSSR count). The van der Waals surface area contributed by atoms with Gasteiger partial charge in [-0.25, -0.2) is 4.98 Å². The monoisotopic (exact) mass is 261 g/mol. The minimum absolute atomic E-state index is 0.552. The van der Waals surface area contributed by atoms with Crippen molar-refractivity contribution in [2.24, 2.45) is 0 Å². The van der Waals surface area contributed by atoms with Gasteiger partial charge in [-0.2, -0.15) is 0 Å². The van der Waals surface area contributed by atoms with E-state index in [1.165, 1.54) is 5.56 Å². The highest BCUT2D eigenvalue weighted by Gasteiger charge is 2.03.